The first-order chi connectivity index (χ1) is 13.0. The number of halogens is 2. The third kappa shape index (κ3) is 9.56. The summed E-state index contributed by atoms with van der Waals surface area (Å²) in [5.41, 5.74) is 0. The fourth-order valence-electron chi connectivity index (χ4n) is 2.69. The van der Waals surface area contributed by atoms with Crippen LogP contribution >= 0.6 is 0 Å². The van der Waals surface area contributed by atoms with E-state index in [-0.39, 0.29) is 12.4 Å². The van der Waals surface area contributed by atoms with Crippen LogP contribution in [0.1, 0.15) is 40.5 Å². The summed E-state index contributed by atoms with van der Waals surface area (Å²) in [6, 6.07) is 3.57. The van der Waals surface area contributed by atoms with Crippen LogP contribution in [0.25, 0.3) is 0 Å². The van der Waals surface area contributed by atoms with Crippen molar-refractivity contribution in [1.29, 1.82) is 0 Å². The Morgan fingerprint density at radius 1 is 1.22 bits per heavy atom. The zero-order valence-electron chi connectivity index (χ0n) is 17.0. The molecule has 1 aromatic carbocycles. The fraction of sp³-hybridized carbons (Fsp3) is 0.650. The molecule has 0 bridgehead atoms. The van der Waals surface area contributed by atoms with Gasteiger partial charge in [0.2, 0.25) is 0 Å². The van der Waals surface area contributed by atoms with Gasteiger partial charge in [0.1, 0.15) is 12.4 Å². The molecule has 1 atom stereocenters. The quantitative estimate of drug-likeness (QED) is 0.329. The van der Waals surface area contributed by atoms with Gasteiger partial charge in [-0.1, -0.05) is 13.8 Å². The first-order valence-corrected chi connectivity index (χ1v) is 9.85. The maximum atomic E-state index is 13.5. The highest BCUT2D eigenvalue weighted by atomic mass is 19.1. The Morgan fingerprint density at radius 2 is 1.96 bits per heavy atom. The van der Waals surface area contributed by atoms with E-state index in [0.717, 1.165) is 51.0 Å². The van der Waals surface area contributed by atoms with Crippen molar-refractivity contribution in [1.82, 2.24) is 15.5 Å². The van der Waals surface area contributed by atoms with Crippen LogP contribution in [0.2, 0.25) is 0 Å². The highest BCUT2D eigenvalue weighted by Crippen LogP contribution is 2.17. The number of hydrogen-bond acceptors (Lipinski definition) is 3. The highest BCUT2D eigenvalue weighted by Gasteiger charge is 2.07. The van der Waals surface area contributed by atoms with Gasteiger partial charge in [-0.3, -0.25) is 0 Å². The third-order valence-electron chi connectivity index (χ3n) is 4.25. The van der Waals surface area contributed by atoms with E-state index in [1.54, 1.807) is 0 Å². The van der Waals surface area contributed by atoms with Crippen LogP contribution < -0.4 is 15.4 Å². The molecule has 1 rings (SSSR count). The Labute approximate surface area is 162 Å². The van der Waals surface area contributed by atoms with Gasteiger partial charge in [0.25, 0.3) is 0 Å². The van der Waals surface area contributed by atoms with Gasteiger partial charge in [-0.2, -0.15) is 0 Å². The van der Waals surface area contributed by atoms with Crippen LogP contribution in [-0.4, -0.2) is 56.2 Å². The first kappa shape index (κ1) is 23.1. The summed E-state index contributed by atoms with van der Waals surface area (Å²) in [6.07, 6.45) is 2.18. The number of aliphatic imine (C=N–C) groups is 1. The second-order valence-electron chi connectivity index (χ2n) is 6.40. The van der Waals surface area contributed by atoms with Crippen LogP contribution in [0.15, 0.2) is 23.2 Å². The lowest BCUT2D eigenvalue weighted by Gasteiger charge is -2.21. The minimum absolute atomic E-state index is 0.0364. The molecule has 2 N–H and O–H groups in total. The lowest BCUT2D eigenvalue weighted by Crippen LogP contribution is -2.42. The summed E-state index contributed by atoms with van der Waals surface area (Å²) < 4.78 is 31.7. The Kier molecular flexibility index (Phi) is 11.4. The second-order valence-corrected chi connectivity index (χ2v) is 6.40. The molecule has 0 aromatic heterocycles. The van der Waals surface area contributed by atoms with Crippen molar-refractivity contribution in [2.75, 3.05) is 39.3 Å². The summed E-state index contributed by atoms with van der Waals surface area (Å²) in [6.45, 7) is 13.1. The molecule has 7 heteroatoms. The minimum atomic E-state index is -0.703. The van der Waals surface area contributed by atoms with E-state index >= 15 is 0 Å². The van der Waals surface area contributed by atoms with Crippen molar-refractivity contribution in [3.63, 3.8) is 0 Å². The standard InChI is InChI=1S/C20H34F2N4O/c1-5-23-20(25-16(4)9-8-13-26(6-2)7-3)24-12-14-27-19-11-10-17(21)15-18(19)22/h10-11,15-16H,5-9,12-14H2,1-4H3,(H2,23,24,25). The van der Waals surface area contributed by atoms with E-state index in [1.807, 2.05) is 6.92 Å². The van der Waals surface area contributed by atoms with E-state index in [1.165, 1.54) is 12.1 Å². The van der Waals surface area contributed by atoms with Crippen LogP contribution in [0.4, 0.5) is 8.78 Å². The number of nitrogens with one attached hydrogen (secondary N) is 2. The lowest BCUT2D eigenvalue weighted by molar-refractivity contribution is 0.292. The van der Waals surface area contributed by atoms with Crippen LogP contribution in [-0.2, 0) is 0 Å². The highest BCUT2D eigenvalue weighted by molar-refractivity contribution is 5.80. The van der Waals surface area contributed by atoms with Crippen molar-refractivity contribution < 1.29 is 13.5 Å². The van der Waals surface area contributed by atoms with Gasteiger partial charge in [0.05, 0.1) is 6.54 Å². The lowest BCUT2D eigenvalue weighted by atomic mass is 10.2. The van der Waals surface area contributed by atoms with Gasteiger partial charge in [0.15, 0.2) is 17.5 Å². The Morgan fingerprint density at radius 3 is 2.59 bits per heavy atom. The van der Waals surface area contributed by atoms with Crippen molar-refractivity contribution in [3.8, 4) is 5.75 Å². The number of hydrogen-bond donors (Lipinski definition) is 2. The van der Waals surface area contributed by atoms with Crippen molar-refractivity contribution in [3.05, 3.63) is 29.8 Å². The van der Waals surface area contributed by atoms with Crippen molar-refractivity contribution in [2.45, 2.75) is 46.6 Å². The number of nitrogens with zero attached hydrogens (tertiary/aromatic N) is 2. The Bertz CT molecular complexity index is 565. The average molecular weight is 385 g/mol. The summed E-state index contributed by atoms with van der Waals surface area (Å²) in [7, 11) is 0. The SMILES string of the molecule is CCNC(=NCCOc1ccc(F)cc1F)NC(C)CCCN(CC)CC. The maximum Gasteiger partial charge on any atom is 0.191 e. The van der Waals surface area contributed by atoms with Gasteiger partial charge in [0, 0.05) is 18.7 Å². The molecule has 0 aliphatic heterocycles. The average Bonchev–Trinajstić information content (AvgIpc) is 2.64. The van der Waals surface area contributed by atoms with Gasteiger partial charge in [-0.05, 0) is 58.5 Å². The predicted molar refractivity (Wildman–Crippen MR) is 107 cm³/mol. The molecular formula is C20H34F2N4O. The molecule has 0 heterocycles. The van der Waals surface area contributed by atoms with Crippen LogP contribution in [0.3, 0.4) is 0 Å². The van der Waals surface area contributed by atoms with E-state index in [4.69, 9.17) is 4.74 Å². The van der Waals surface area contributed by atoms with Crippen molar-refractivity contribution in [2.24, 2.45) is 4.99 Å². The largest absolute Gasteiger partial charge is 0.489 e. The van der Waals surface area contributed by atoms with Crippen LogP contribution in [0.5, 0.6) is 5.75 Å². The molecule has 27 heavy (non-hydrogen) atoms. The van der Waals surface area contributed by atoms with Gasteiger partial charge in [-0.25, -0.2) is 13.8 Å². The van der Waals surface area contributed by atoms with E-state index in [9.17, 15) is 8.78 Å². The Balaban J connectivity index is 2.40. The maximum absolute atomic E-state index is 13.5. The molecule has 0 fully saturated rings. The number of guanidine groups is 1. The monoisotopic (exact) mass is 384 g/mol. The number of benzene rings is 1. The molecule has 0 aliphatic carbocycles. The van der Waals surface area contributed by atoms with E-state index < -0.39 is 11.6 Å². The summed E-state index contributed by atoms with van der Waals surface area (Å²) in [5, 5.41) is 6.59. The molecule has 0 saturated carbocycles. The molecule has 1 aromatic rings. The predicted octanol–water partition coefficient (Wildman–Crippen LogP) is 3.41. The molecule has 5 nitrogen and oxygen atoms in total. The molecule has 0 saturated heterocycles. The molecule has 154 valence electrons. The molecular weight excluding hydrogens is 350 g/mol. The second kappa shape index (κ2) is 13.3. The summed E-state index contributed by atoms with van der Waals surface area (Å²) >= 11 is 0. The van der Waals surface area contributed by atoms with Gasteiger partial charge >= 0.3 is 0 Å². The van der Waals surface area contributed by atoms with Gasteiger partial charge in [-0.15, -0.1) is 0 Å². The van der Waals surface area contributed by atoms with Gasteiger partial charge < -0.3 is 20.3 Å². The summed E-state index contributed by atoms with van der Waals surface area (Å²) in [5.74, 6) is -0.567. The fourth-order valence-corrected chi connectivity index (χ4v) is 2.69. The molecule has 0 spiro atoms. The third-order valence-corrected chi connectivity index (χ3v) is 4.25. The van der Waals surface area contributed by atoms with Crippen LogP contribution in [0, 0.1) is 11.6 Å². The Hall–Kier alpha value is -1.89. The molecule has 0 amide bonds. The smallest absolute Gasteiger partial charge is 0.191 e. The first-order valence-electron chi connectivity index (χ1n) is 9.85. The summed E-state index contributed by atoms with van der Waals surface area (Å²) in [4.78, 5) is 6.87. The molecule has 0 radical (unpaired) electrons. The zero-order chi connectivity index (χ0) is 20.1. The number of rotatable bonds is 12. The molecule has 1 unspecified atom stereocenters. The van der Waals surface area contributed by atoms with E-state index in [0.29, 0.717) is 12.6 Å². The van der Waals surface area contributed by atoms with Crippen molar-refractivity contribution >= 4 is 5.96 Å². The minimum Gasteiger partial charge on any atom is -0.489 e. The topological polar surface area (TPSA) is 48.9 Å². The van der Waals surface area contributed by atoms with E-state index in [2.05, 4.69) is 41.3 Å². The zero-order valence-corrected chi connectivity index (χ0v) is 17.0. The normalized spacial score (nSPS) is 12.9. The molecule has 0 aliphatic rings. The number of ether oxygens (including phenoxy) is 1.